The highest BCUT2D eigenvalue weighted by Crippen LogP contribution is 2.16. The molecule has 5 heteroatoms. The van der Waals surface area contributed by atoms with E-state index < -0.39 is 0 Å². The predicted molar refractivity (Wildman–Crippen MR) is 70.6 cm³/mol. The van der Waals surface area contributed by atoms with Crippen LogP contribution in [0.1, 0.15) is 34.8 Å². The van der Waals surface area contributed by atoms with Crippen molar-refractivity contribution in [1.29, 1.82) is 0 Å². The number of rotatable bonds is 5. The van der Waals surface area contributed by atoms with Gasteiger partial charge in [0.25, 0.3) is 5.91 Å². The molecule has 1 aliphatic heterocycles. The van der Waals surface area contributed by atoms with E-state index in [2.05, 4.69) is 10.6 Å². The van der Waals surface area contributed by atoms with Gasteiger partial charge in [0, 0.05) is 25.2 Å². The van der Waals surface area contributed by atoms with Crippen molar-refractivity contribution in [2.24, 2.45) is 0 Å². The maximum absolute atomic E-state index is 11.9. The van der Waals surface area contributed by atoms with E-state index in [0.717, 1.165) is 18.7 Å². The van der Waals surface area contributed by atoms with E-state index in [9.17, 15) is 9.59 Å². The highest BCUT2D eigenvalue weighted by Gasteiger charge is 2.13. The van der Waals surface area contributed by atoms with Crippen molar-refractivity contribution in [3.05, 3.63) is 34.9 Å². The van der Waals surface area contributed by atoms with Crippen molar-refractivity contribution in [1.82, 2.24) is 10.6 Å². The Morgan fingerprint density at radius 3 is 2.89 bits per heavy atom. The molecular weight excluding hydrogens is 244 g/mol. The van der Waals surface area contributed by atoms with Gasteiger partial charge in [-0.1, -0.05) is 6.07 Å². The summed E-state index contributed by atoms with van der Waals surface area (Å²) < 4.78 is 4.79. The molecule has 1 aromatic rings. The van der Waals surface area contributed by atoms with Gasteiger partial charge in [-0.15, -0.1) is 0 Å². The molecule has 2 rings (SSSR count). The minimum atomic E-state index is -0.291. The lowest BCUT2D eigenvalue weighted by atomic mass is 10.1. The minimum absolute atomic E-state index is 0.154. The molecule has 0 aromatic heterocycles. The second-order valence-electron chi connectivity index (χ2n) is 4.40. The van der Waals surface area contributed by atoms with Gasteiger partial charge in [-0.05, 0) is 30.2 Å². The Kier molecular flexibility index (Phi) is 4.52. The zero-order chi connectivity index (χ0) is 13.7. The van der Waals surface area contributed by atoms with Gasteiger partial charge in [0.15, 0.2) is 0 Å². The van der Waals surface area contributed by atoms with Crippen LogP contribution in [0.5, 0.6) is 0 Å². The fraction of sp³-hybridized carbons (Fsp3) is 0.429. The molecule has 0 atom stereocenters. The highest BCUT2D eigenvalue weighted by molar-refractivity contribution is 5.94. The van der Waals surface area contributed by atoms with E-state index in [1.807, 2.05) is 18.2 Å². The molecule has 0 fully saturated rings. The Balaban J connectivity index is 1.85. The zero-order valence-corrected chi connectivity index (χ0v) is 11.0. The summed E-state index contributed by atoms with van der Waals surface area (Å²) in [5.74, 6) is -0.444. The summed E-state index contributed by atoms with van der Waals surface area (Å²) >= 11 is 0. The fourth-order valence-corrected chi connectivity index (χ4v) is 2.05. The van der Waals surface area contributed by atoms with Gasteiger partial charge in [0.05, 0.1) is 13.0 Å². The second kappa shape index (κ2) is 6.33. The Labute approximate surface area is 112 Å². The first-order valence-corrected chi connectivity index (χ1v) is 6.47. The van der Waals surface area contributed by atoms with Gasteiger partial charge in [0.1, 0.15) is 0 Å². The monoisotopic (exact) mass is 262 g/mol. The molecule has 19 heavy (non-hydrogen) atoms. The standard InChI is InChI=1S/C14H18N2O3/c1-2-19-13(17)5-6-16-14(18)10-3-4-11-8-15-9-12(11)7-10/h3-4,7,15H,2,5-6,8-9H2,1H3,(H,16,18). The Bertz CT molecular complexity index is 486. The SMILES string of the molecule is CCOC(=O)CCNC(=O)c1ccc2c(c1)CNC2. The van der Waals surface area contributed by atoms with Crippen LogP contribution in [0.4, 0.5) is 0 Å². The number of benzene rings is 1. The molecule has 1 amide bonds. The van der Waals surface area contributed by atoms with E-state index in [-0.39, 0.29) is 18.3 Å². The van der Waals surface area contributed by atoms with E-state index in [1.165, 1.54) is 5.56 Å². The van der Waals surface area contributed by atoms with E-state index in [4.69, 9.17) is 4.74 Å². The predicted octanol–water partition coefficient (Wildman–Crippen LogP) is 0.973. The summed E-state index contributed by atoms with van der Waals surface area (Å²) in [6, 6.07) is 5.68. The van der Waals surface area contributed by atoms with E-state index in [1.54, 1.807) is 6.92 Å². The lowest BCUT2D eigenvalue weighted by molar-refractivity contribution is -0.142. The molecule has 0 saturated carbocycles. The van der Waals surface area contributed by atoms with Crippen LogP contribution in [-0.4, -0.2) is 25.0 Å². The quantitative estimate of drug-likeness (QED) is 0.776. The third-order valence-corrected chi connectivity index (χ3v) is 3.02. The molecule has 1 aliphatic rings. The summed E-state index contributed by atoms with van der Waals surface area (Å²) in [4.78, 5) is 23.0. The largest absolute Gasteiger partial charge is 0.466 e. The summed E-state index contributed by atoms with van der Waals surface area (Å²) in [6.45, 7) is 4.09. The molecule has 0 saturated heterocycles. The van der Waals surface area contributed by atoms with Crippen LogP contribution in [0, 0.1) is 0 Å². The van der Waals surface area contributed by atoms with Gasteiger partial charge >= 0.3 is 5.97 Å². The molecule has 0 radical (unpaired) electrons. The van der Waals surface area contributed by atoms with Crippen molar-refractivity contribution in [3.63, 3.8) is 0 Å². The number of esters is 1. The van der Waals surface area contributed by atoms with Gasteiger partial charge in [-0.2, -0.15) is 0 Å². The average molecular weight is 262 g/mol. The number of hydrogen-bond acceptors (Lipinski definition) is 4. The molecule has 2 N–H and O–H groups in total. The number of carbonyl (C=O) groups is 2. The van der Waals surface area contributed by atoms with Crippen LogP contribution < -0.4 is 10.6 Å². The number of nitrogens with one attached hydrogen (secondary N) is 2. The maximum atomic E-state index is 11.9. The summed E-state index contributed by atoms with van der Waals surface area (Å²) in [5, 5.41) is 5.95. The van der Waals surface area contributed by atoms with Crippen LogP contribution in [-0.2, 0) is 22.6 Å². The van der Waals surface area contributed by atoms with Crippen molar-refractivity contribution >= 4 is 11.9 Å². The second-order valence-corrected chi connectivity index (χ2v) is 4.40. The molecule has 0 spiro atoms. The van der Waals surface area contributed by atoms with E-state index in [0.29, 0.717) is 18.7 Å². The molecular formula is C14H18N2O3. The van der Waals surface area contributed by atoms with Crippen molar-refractivity contribution in [2.75, 3.05) is 13.2 Å². The number of amides is 1. The van der Waals surface area contributed by atoms with Crippen LogP contribution in [0.3, 0.4) is 0 Å². The van der Waals surface area contributed by atoms with Crippen LogP contribution in [0.25, 0.3) is 0 Å². The Morgan fingerprint density at radius 1 is 1.32 bits per heavy atom. The van der Waals surface area contributed by atoms with Crippen LogP contribution >= 0.6 is 0 Å². The lowest BCUT2D eigenvalue weighted by Gasteiger charge is -2.06. The number of fused-ring (bicyclic) bond motifs is 1. The normalized spacial score (nSPS) is 12.9. The molecule has 5 nitrogen and oxygen atoms in total. The van der Waals surface area contributed by atoms with Crippen molar-refractivity contribution in [2.45, 2.75) is 26.4 Å². The third kappa shape index (κ3) is 3.54. The lowest BCUT2D eigenvalue weighted by Crippen LogP contribution is -2.26. The molecule has 1 aromatic carbocycles. The first-order valence-electron chi connectivity index (χ1n) is 6.47. The highest BCUT2D eigenvalue weighted by atomic mass is 16.5. The van der Waals surface area contributed by atoms with Gasteiger partial charge in [0.2, 0.25) is 0 Å². The van der Waals surface area contributed by atoms with Gasteiger partial charge < -0.3 is 15.4 Å². The zero-order valence-electron chi connectivity index (χ0n) is 11.0. The fourth-order valence-electron chi connectivity index (χ4n) is 2.05. The first kappa shape index (κ1) is 13.5. The molecule has 0 unspecified atom stereocenters. The van der Waals surface area contributed by atoms with E-state index >= 15 is 0 Å². The van der Waals surface area contributed by atoms with Gasteiger partial charge in [-0.3, -0.25) is 9.59 Å². The van der Waals surface area contributed by atoms with Crippen LogP contribution in [0.15, 0.2) is 18.2 Å². The topological polar surface area (TPSA) is 67.4 Å². The number of hydrogen-bond donors (Lipinski definition) is 2. The average Bonchev–Trinajstić information content (AvgIpc) is 2.86. The first-order chi connectivity index (χ1) is 9.20. The third-order valence-electron chi connectivity index (χ3n) is 3.02. The summed E-state index contributed by atoms with van der Waals surface area (Å²) in [5.41, 5.74) is 3.03. The molecule has 0 aliphatic carbocycles. The minimum Gasteiger partial charge on any atom is -0.466 e. The molecule has 1 heterocycles. The number of carbonyl (C=O) groups excluding carboxylic acids is 2. The summed E-state index contributed by atoms with van der Waals surface area (Å²) in [7, 11) is 0. The number of ether oxygens (including phenoxy) is 1. The smallest absolute Gasteiger partial charge is 0.307 e. The maximum Gasteiger partial charge on any atom is 0.307 e. The van der Waals surface area contributed by atoms with Crippen LogP contribution in [0.2, 0.25) is 0 Å². The summed E-state index contributed by atoms with van der Waals surface area (Å²) in [6.07, 6.45) is 0.200. The van der Waals surface area contributed by atoms with Crippen molar-refractivity contribution in [3.8, 4) is 0 Å². The van der Waals surface area contributed by atoms with Crippen molar-refractivity contribution < 1.29 is 14.3 Å². The Morgan fingerprint density at radius 2 is 2.11 bits per heavy atom. The van der Waals surface area contributed by atoms with Gasteiger partial charge in [-0.25, -0.2) is 0 Å². The molecule has 0 bridgehead atoms. The molecule has 102 valence electrons. The Hall–Kier alpha value is -1.88.